The third-order valence-corrected chi connectivity index (χ3v) is 7.88. The molecule has 2 N–H and O–H groups in total. The van der Waals surface area contributed by atoms with E-state index in [2.05, 4.69) is 0 Å². The maximum absolute atomic E-state index is 13.5. The van der Waals surface area contributed by atoms with Gasteiger partial charge in [0.25, 0.3) is 5.91 Å². The topological polar surface area (TPSA) is 122 Å². The van der Waals surface area contributed by atoms with E-state index in [1.54, 1.807) is 32.9 Å². The van der Waals surface area contributed by atoms with Crippen LogP contribution < -0.4 is 10.2 Å². The van der Waals surface area contributed by atoms with E-state index in [0.29, 0.717) is 11.5 Å². The van der Waals surface area contributed by atoms with E-state index >= 15 is 0 Å². The largest absolute Gasteiger partial charge is 0.457 e. The van der Waals surface area contributed by atoms with Gasteiger partial charge in [0.05, 0.1) is 4.90 Å². The van der Waals surface area contributed by atoms with Crippen LogP contribution in [0.4, 0.5) is 4.79 Å². The molecule has 186 valence electrons. The summed E-state index contributed by atoms with van der Waals surface area (Å²) in [6.07, 6.45) is -0.966. The highest BCUT2D eigenvalue weighted by molar-refractivity contribution is 7.93. The molecular formula is C23H29ClN2O7S. The van der Waals surface area contributed by atoms with E-state index in [9.17, 15) is 23.2 Å². The van der Waals surface area contributed by atoms with Gasteiger partial charge in [-0.3, -0.25) is 10.0 Å². The van der Waals surface area contributed by atoms with E-state index < -0.39 is 32.2 Å². The van der Waals surface area contributed by atoms with Crippen LogP contribution in [-0.4, -0.2) is 54.0 Å². The molecule has 1 saturated heterocycles. The molecule has 0 aliphatic carbocycles. The number of nitrogens with zero attached hydrogens (tertiary/aromatic N) is 1. The molecule has 0 saturated carbocycles. The van der Waals surface area contributed by atoms with Crippen LogP contribution in [0.25, 0.3) is 0 Å². The number of piperidine rings is 1. The molecule has 1 heterocycles. The molecule has 3 rings (SSSR count). The summed E-state index contributed by atoms with van der Waals surface area (Å²) in [6.45, 7) is 5.16. The third-order valence-electron chi connectivity index (χ3n) is 5.37. The van der Waals surface area contributed by atoms with Crippen molar-refractivity contribution in [1.29, 1.82) is 0 Å². The first kappa shape index (κ1) is 27.4. The van der Waals surface area contributed by atoms with Crippen LogP contribution in [0.1, 0.15) is 33.6 Å². The van der Waals surface area contributed by atoms with Crippen LogP contribution in [0.3, 0.4) is 0 Å². The Labute approximate surface area is 205 Å². The number of sulfone groups is 1. The van der Waals surface area contributed by atoms with Crippen molar-refractivity contribution >= 4 is 34.2 Å². The Hall–Kier alpha value is -2.82. The predicted molar refractivity (Wildman–Crippen MR) is 127 cm³/mol. The van der Waals surface area contributed by atoms with Crippen LogP contribution in [0, 0.1) is 0 Å². The number of para-hydroxylation sites is 1. The first-order valence-electron chi connectivity index (χ1n) is 10.5. The van der Waals surface area contributed by atoms with E-state index in [-0.39, 0.29) is 43.2 Å². The molecule has 34 heavy (non-hydrogen) atoms. The number of carbonyl (C=O) groups is 2. The quantitative estimate of drug-likeness (QED) is 0.459. The molecule has 1 fully saturated rings. The fraction of sp³-hybridized carbons (Fsp3) is 0.391. The van der Waals surface area contributed by atoms with Crippen LogP contribution in [0.2, 0.25) is 0 Å². The molecule has 2 aromatic carbocycles. The average Bonchev–Trinajstić information content (AvgIpc) is 2.78. The lowest BCUT2D eigenvalue weighted by Gasteiger charge is -2.39. The molecule has 1 aliphatic rings. The number of benzene rings is 2. The highest BCUT2D eigenvalue weighted by Crippen LogP contribution is 2.37. The fourth-order valence-corrected chi connectivity index (χ4v) is 5.59. The van der Waals surface area contributed by atoms with E-state index in [4.69, 9.17) is 9.47 Å². The maximum Gasteiger partial charge on any atom is 0.410 e. The number of amides is 2. The lowest BCUT2D eigenvalue weighted by atomic mass is 9.95. The SMILES string of the molecule is CC(C)(C)OC(=O)N1CCC(C(=O)NO)(S(=O)(=O)c2ccc(Oc3ccccc3)cc2)CC1.Cl. The lowest BCUT2D eigenvalue weighted by molar-refractivity contribution is -0.133. The molecule has 0 unspecified atom stereocenters. The number of ether oxygens (including phenoxy) is 2. The minimum absolute atomic E-state index is 0. The molecule has 2 amide bonds. The number of rotatable bonds is 5. The van der Waals surface area contributed by atoms with E-state index in [1.807, 2.05) is 18.2 Å². The summed E-state index contributed by atoms with van der Waals surface area (Å²) < 4.78 is 36.2. The lowest BCUT2D eigenvalue weighted by Crippen LogP contribution is -2.58. The first-order chi connectivity index (χ1) is 15.5. The fourth-order valence-electron chi connectivity index (χ4n) is 3.63. The summed E-state index contributed by atoms with van der Waals surface area (Å²) in [7, 11) is -4.22. The number of likely N-dealkylation sites (tertiary alicyclic amines) is 1. The molecule has 0 spiro atoms. The zero-order chi connectivity index (χ0) is 24.3. The summed E-state index contributed by atoms with van der Waals surface area (Å²) in [5.74, 6) is -0.00439. The molecular weight excluding hydrogens is 484 g/mol. The Bertz CT molecular complexity index is 1090. The normalized spacial score (nSPS) is 15.6. The van der Waals surface area contributed by atoms with Crippen molar-refractivity contribution in [2.75, 3.05) is 13.1 Å². The van der Waals surface area contributed by atoms with Crippen molar-refractivity contribution in [1.82, 2.24) is 10.4 Å². The molecule has 2 aromatic rings. The number of carbonyl (C=O) groups excluding carboxylic acids is 2. The standard InChI is InChI=1S/C23H28N2O7S.ClH/c1-22(2,3)32-21(27)25-15-13-23(14-16-25,20(26)24-28)33(29,30)19-11-9-18(10-12-19)31-17-7-5-4-6-8-17;/h4-12,28H,13-16H2,1-3H3,(H,24,26);1H. The monoisotopic (exact) mass is 512 g/mol. The molecule has 1 aliphatic heterocycles. The zero-order valence-electron chi connectivity index (χ0n) is 19.2. The summed E-state index contributed by atoms with van der Waals surface area (Å²) >= 11 is 0. The molecule has 0 bridgehead atoms. The van der Waals surface area contributed by atoms with Gasteiger partial charge in [-0.15, -0.1) is 12.4 Å². The Morgan fingerprint density at radius 3 is 2.00 bits per heavy atom. The molecule has 0 aromatic heterocycles. The second-order valence-electron chi connectivity index (χ2n) is 8.79. The zero-order valence-corrected chi connectivity index (χ0v) is 20.8. The predicted octanol–water partition coefficient (Wildman–Crippen LogP) is 3.95. The third kappa shape index (κ3) is 5.81. The summed E-state index contributed by atoms with van der Waals surface area (Å²) in [5, 5.41) is 9.31. The second kappa shape index (κ2) is 10.6. The molecule has 11 heteroatoms. The highest BCUT2D eigenvalue weighted by Gasteiger charge is 2.53. The van der Waals surface area contributed by atoms with Gasteiger partial charge in [-0.1, -0.05) is 18.2 Å². The van der Waals surface area contributed by atoms with Gasteiger partial charge in [0.15, 0.2) is 14.6 Å². The first-order valence-corrected chi connectivity index (χ1v) is 12.0. The van der Waals surface area contributed by atoms with E-state index in [0.717, 1.165) is 0 Å². The van der Waals surface area contributed by atoms with Crippen LogP contribution in [0.15, 0.2) is 59.5 Å². The van der Waals surface area contributed by atoms with Crippen molar-refractivity contribution in [3.05, 3.63) is 54.6 Å². The number of hydrogen-bond acceptors (Lipinski definition) is 7. The molecule has 0 atom stereocenters. The Kier molecular flexibility index (Phi) is 8.57. The number of nitrogens with one attached hydrogen (secondary N) is 1. The van der Waals surface area contributed by atoms with Gasteiger partial charge in [0.2, 0.25) is 0 Å². The smallest absolute Gasteiger partial charge is 0.410 e. The van der Waals surface area contributed by atoms with Crippen molar-refractivity contribution in [3.8, 4) is 11.5 Å². The van der Waals surface area contributed by atoms with Crippen molar-refractivity contribution < 1.29 is 32.7 Å². The van der Waals surface area contributed by atoms with Gasteiger partial charge in [0, 0.05) is 13.1 Å². The summed E-state index contributed by atoms with van der Waals surface area (Å²) in [6, 6.07) is 14.7. The van der Waals surface area contributed by atoms with Crippen LogP contribution in [-0.2, 0) is 19.4 Å². The van der Waals surface area contributed by atoms with Gasteiger partial charge in [-0.25, -0.2) is 18.7 Å². The summed E-state index contributed by atoms with van der Waals surface area (Å²) in [5.41, 5.74) is 0.796. The van der Waals surface area contributed by atoms with Crippen molar-refractivity contribution in [3.63, 3.8) is 0 Å². The van der Waals surface area contributed by atoms with Crippen molar-refractivity contribution in [2.24, 2.45) is 0 Å². The van der Waals surface area contributed by atoms with Gasteiger partial charge in [-0.05, 0) is 70.0 Å². The number of hydroxylamine groups is 1. The minimum Gasteiger partial charge on any atom is -0.457 e. The minimum atomic E-state index is -4.22. The van der Waals surface area contributed by atoms with Gasteiger partial charge in [0.1, 0.15) is 17.1 Å². The number of halogens is 1. The Morgan fingerprint density at radius 2 is 1.50 bits per heavy atom. The average molecular weight is 513 g/mol. The van der Waals surface area contributed by atoms with E-state index in [1.165, 1.54) is 34.6 Å². The Balaban J connectivity index is 0.00000408. The van der Waals surface area contributed by atoms with Crippen LogP contribution in [0.5, 0.6) is 11.5 Å². The maximum atomic E-state index is 13.5. The highest BCUT2D eigenvalue weighted by atomic mass is 35.5. The Morgan fingerprint density at radius 1 is 0.971 bits per heavy atom. The molecule has 9 nitrogen and oxygen atoms in total. The number of hydrogen-bond donors (Lipinski definition) is 2. The van der Waals surface area contributed by atoms with Crippen molar-refractivity contribution in [2.45, 2.75) is 48.9 Å². The summed E-state index contributed by atoms with van der Waals surface area (Å²) in [4.78, 5) is 26.3. The van der Waals surface area contributed by atoms with Crippen LogP contribution >= 0.6 is 12.4 Å². The molecule has 0 radical (unpaired) electrons. The second-order valence-corrected chi connectivity index (χ2v) is 11.1. The van der Waals surface area contributed by atoms with Gasteiger partial charge in [-0.2, -0.15) is 0 Å². The van der Waals surface area contributed by atoms with Gasteiger partial charge >= 0.3 is 6.09 Å². The van der Waals surface area contributed by atoms with Gasteiger partial charge < -0.3 is 14.4 Å².